The van der Waals surface area contributed by atoms with Crippen molar-refractivity contribution >= 4 is 39.4 Å². The van der Waals surface area contributed by atoms with E-state index in [9.17, 15) is 0 Å². The van der Waals surface area contributed by atoms with Crippen molar-refractivity contribution in [1.29, 1.82) is 0 Å². The van der Waals surface area contributed by atoms with Crippen LogP contribution in [0.5, 0.6) is 0 Å². The number of hydrogen-bond donors (Lipinski definition) is 5. The first-order valence-corrected chi connectivity index (χ1v) is 7.15. The number of aryl methyl sites for hydroxylation is 1. The molecule has 0 bridgehead atoms. The standard InChI is InChI=1S/C16H18N6/c1-2-22-13-6-4-3-5-11(13)12-9-10(7-8-14(12)22)20-16(19)21-15(17)18/h3-9H,2H2,1H3,(H6,17,18,19,20,21)/p+2. The lowest BCUT2D eigenvalue weighted by molar-refractivity contribution is -0.459. The minimum atomic E-state index is 0.0497. The van der Waals surface area contributed by atoms with Crippen LogP contribution in [0.1, 0.15) is 6.92 Å². The predicted octanol–water partition coefficient (Wildman–Crippen LogP) is -1.80. The van der Waals surface area contributed by atoms with Crippen molar-refractivity contribution in [2.45, 2.75) is 13.5 Å². The van der Waals surface area contributed by atoms with Crippen molar-refractivity contribution < 1.29 is 9.98 Å². The quantitative estimate of drug-likeness (QED) is 0.284. The van der Waals surface area contributed by atoms with E-state index in [4.69, 9.17) is 17.2 Å². The number of guanidine groups is 2. The van der Waals surface area contributed by atoms with Crippen LogP contribution in [-0.2, 0) is 6.54 Å². The van der Waals surface area contributed by atoms with E-state index in [1.54, 1.807) is 0 Å². The number of hydrogen-bond acceptors (Lipinski definition) is 0. The summed E-state index contributed by atoms with van der Waals surface area (Å²) < 4.78 is 2.30. The first-order valence-electron chi connectivity index (χ1n) is 7.15. The van der Waals surface area contributed by atoms with Crippen molar-refractivity contribution in [2.24, 2.45) is 17.2 Å². The number of nitrogens with one attached hydrogen (secondary N) is 2. The van der Waals surface area contributed by atoms with E-state index in [1.807, 2.05) is 12.1 Å². The molecule has 0 saturated carbocycles. The lowest BCUT2D eigenvalue weighted by atomic mass is 10.1. The molecule has 0 aliphatic heterocycles. The van der Waals surface area contributed by atoms with Gasteiger partial charge in [-0.3, -0.25) is 0 Å². The van der Waals surface area contributed by atoms with Gasteiger partial charge in [0.05, 0.1) is 0 Å². The molecule has 2 aromatic carbocycles. The Morgan fingerprint density at radius 3 is 2.45 bits per heavy atom. The molecule has 0 amide bonds. The molecule has 0 saturated heterocycles. The fourth-order valence-corrected chi connectivity index (χ4v) is 2.81. The molecule has 8 N–H and O–H groups in total. The molecule has 0 fully saturated rings. The second kappa shape index (κ2) is 5.40. The van der Waals surface area contributed by atoms with Crippen molar-refractivity contribution in [1.82, 2.24) is 4.57 Å². The number of benzene rings is 2. The Bertz CT molecular complexity index is 900. The third kappa shape index (κ3) is 2.35. The Labute approximate surface area is 127 Å². The molecule has 1 heterocycles. The Balaban J connectivity index is 2.22. The maximum Gasteiger partial charge on any atom is 0.522 e. The lowest BCUT2D eigenvalue weighted by Gasteiger charge is -2.01. The average molecular weight is 296 g/mol. The molecule has 0 aliphatic rings. The van der Waals surface area contributed by atoms with Crippen molar-refractivity contribution in [3.8, 4) is 0 Å². The number of nitrogens with two attached hydrogens (primary N) is 3. The topological polar surface area (TPSA) is 111 Å². The molecule has 0 atom stereocenters. The summed E-state index contributed by atoms with van der Waals surface area (Å²) in [6.07, 6.45) is 0. The fourth-order valence-electron chi connectivity index (χ4n) is 2.81. The summed E-state index contributed by atoms with van der Waals surface area (Å²) in [5, 5.41) is 2.40. The monoisotopic (exact) mass is 296 g/mol. The summed E-state index contributed by atoms with van der Waals surface area (Å²) in [5.41, 5.74) is 19.8. The SMILES string of the molecule is CCn1c2ccccc2c2cc([NH+]=C(N)[NH+]=C(N)N)ccc21. The summed E-state index contributed by atoms with van der Waals surface area (Å²) >= 11 is 0. The van der Waals surface area contributed by atoms with E-state index in [0.717, 1.165) is 12.2 Å². The smallest absolute Gasteiger partial charge is 0.345 e. The van der Waals surface area contributed by atoms with Gasteiger partial charge >= 0.3 is 5.96 Å². The van der Waals surface area contributed by atoms with Crippen LogP contribution in [0, 0.1) is 0 Å². The summed E-state index contributed by atoms with van der Waals surface area (Å²) in [7, 11) is 0. The van der Waals surface area contributed by atoms with Gasteiger partial charge in [0.25, 0.3) is 5.96 Å². The van der Waals surface area contributed by atoms with Gasteiger partial charge in [0, 0.05) is 34.4 Å². The molecule has 1 aromatic heterocycles. The van der Waals surface area contributed by atoms with E-state index in [0.29, 0.717) is 5.96 Å². The first kappa shape index (κ1) is 13.9. The number of aromatic nitrogens is 1. The highest BCUT2D eigenvalue weighted by Crippen LogP contribution is 2.29. The second-order valence-corrected chi connectivity index (χ2v) is 5.11. The third-order valence-electron chi connectivity index (χ3n) is 3.65. The van der Waals surface area contributed by atoms with Crippen LogP contribution >= 0.6 is 0 Å². The van der Waals surface area contributed by atoms with E-state index in [-0.39, 0.29) is 5.96 Å². The number of para-hydroxylation sites is 1. The van der Waals surface area contributed by atoms with Crippen molar-refractivity contribution in [3.63, 3.8) is 0 Å². The Kier molecular flexibility index (Phi) is 3.42. The van der Waals surface area contributed by atoms with Crippen LogP contribution in [0.3, 0.4) is 0 Å². The molecule has 0 aliphatic carbocycles. The van der Waals surface area contributed by atoms with Gasteiger partial charge in [-0.05, 0) is 25.1 Å². The number of nitrogens with zero attached hydrogens (tertiary/aromatic N) is 1. The van der Waals surface area contributed by atoms with Gasteiger partial charge in [-0.2, -0.15) is 4.99 Å². The van der Waals surface area contributed by atoms with E-state index in [2.05, 4.69) is 51.8 Å². The second-order valence-electron chi connectivity index (χ2n) is 5.11. The van der Waals surface area contributed by atoms with Crippen LogP contribution in [0.2, 0.25) is 0 Å². The molecule has 0 radical (unpaired) electrons. The Hall–Kier alpha value is -3.02. The Morgan fingerprint density at radius 1 is 1.00 bits per heavy atom. The lowest BCUT2D eigenvalue weighted by Crippen LogP contribution is -2.96. The van der Waals surface area contributed by atoms with E-state index >= 15 is 0 Å². The highest BCUT2D eigenvalue weighted by molar-refractivity contribution is 6.08. The van der Waals surface area contributed by atoms with Crippen molar-refractivity contribution in [3.05, 3.63) is 42.5 Å². The van der Waals surface area contributed by atoms with Gasteiger partial charge in [0.15, 0.2) is 5.69 Å². The maximum atomic E-state index is 5.80. The summed E-state index contributed by atoms with van der Waals surface area (Å²) in [5.74, 6) is 0.340. The minimum Gasteiger partial charge on any atom is -0.345 e. The van der Waals surface area contributed by atoms with Gasteiger partial charge in [-0.1, -0.05) is 18.2 Å². The van der Waals surface area contributed by atoms with E-state index < -0.39 is 0 Å². The van der Waals surface area contributed by atoms with Crippen molar-refractivity contribution in [2.75, 3.05) is 0 Å². The zero-order valence-electron chi connectivity index (χ0n) is 12.4. The molecular formula is C16H20N6+2. The van der Waals surface area contributed by atoms with Gasteiger partial charge in [-0.25, -0.2) is 5.73 Å². The van der Waals surface area contributed by atoms with Crippen LogP contribution in [0.4, 0.5) is 5.69 Å². The molecule has 6 heteroatoms. The average Bonchev–Trinajstić information content (AvgIpc) is 2.79. The Morgan fingerprint density at radius 2 is 1.73 bits per heavy atom. The fraction of sp³-hybridized carbons (Fsp3) is 0.125. The van der Waals surface area contributed by atoms with Gasteiger partial charge < -0.3 is 16.0 Å². The van der Waals surface area contributed by atoms with Crippen LogP contribution < -0.4 is 27.2 Å². The zero-order valence-corrected chi connectivity index (χ0v) is 12.4. The number of rotatable bonds is 2. The molecule has 112 valence electrons. The van der Waals surface area contributed by atoms with Crippen LogP contribution in [0.15, 0.2) is 42.5 Å². The van der Waals surface area contributed by atoms with Crippen LogP contribution in [-0.4, -0.2) is 16.5 Å². The van der Waals surface area contributed by atoms with E-state index in [1.165, 1.54) is 21.8 Å². The molecule has 0 unspecified atom stereocenters. The molecular weight excluding hydrogens is 276 g/mol. The minimum absolute atomic E-state index is 0.0497. The van der Waals surface area contributed by atoms with Crippen LogP contribution in [0.25, 0.3) is 21.8 Å². The van der Waals surface area contributed by atoms with Gasteiger partial charge in [0.1, 0.15) is 0 Å². The molecule has 3 rings (SSSR count). The summed E-state index contributed by atoms with van der Waals surface area (Å²) in [6, 6.07) is 14.5. The van der Waals surface area contributed by atoms with Gasteiger partial charge in [0.2, 0.25) is 0 Å². The first-order chi connectivity index (χ1) is 10.6. The zero-order chi connectivity index (χ0) is 15.7. The normalized spacial score (nSPS) is 12.0. The number of fused-ring (bicyclic) bond motifs is 3. The predicted molar refractivity (Wildman–Crippen MR) is 89.3 cm³/mol. The maximum absolute atomic E-state index is 5.80. The molecule has 3 aromatic rings. The molecule has 6 nitrogen and oxygen atoms in total. The molecule has 0 spiro atoms. The van der Waals surface area contributed by atoms with Gasteiger partial charge in [-0.15, -0.1) is 4.99 Å². The summed E-state index contributed by atoms with van der Waals surface area (Å²) in [4.78, 5) is 5.69. The molecule has 22 heavy (non-hydrogen) atoms. The highest BCUT2D eigenvalue weighted by Gasteiger charge is 2.11. The summed E-state index contributed by atoms with van der Waals surface area (Å²) in [6.45, 7) is 3.07. The largest absolute Gasteiger partial charge is 0.522 e. The third-order valence-corrected chi connectivity index (χ3v) is 3.65. The highest BCUT2D eigenvalue weighted by atomic mass is 15.1.